The van der Waals surface area contributed by atoms with E-state index in [2.05, 4.69) is 77.2 Å². The Morgan fingerprint density at radius 1 is 1.10 bits per heavy atom. The summed E-state index contributed by atoms with van der Waals surface area (Å²) in [7, 11) is 0. The SMILES string of the molecule is CC/C=C(\C)c1cnc(Nc2cnn(C3CCOCC3)c2)nc1NC1CCC(N(CCC)CCCC(C)CC)CC1. The number of rotatable bonds is 15. The molecule has 1 aliphatic carbocycles. The van der Waals surface area contributed by atoms with E-state index in [1.807, 2.05) is 12.4 Å². The average Bonchev–Trinajstić information content (AvgIpc) is 3.46. The largest absolute Gasteiger partial charge is 0.381 e. The molecule has 2 aliphatic rings. The molecule has 1 unspecified atom stereocenters. The van der Waals surface area contributed by atoms with Crippen LogP contribution >= 0.6 is 0 Å². The number of hydrogen-bond acceptors (Lipinski definition) is 7. The standard InChI is InChI=1S/C33H55N7O/c1-6-10-26(5)31-23-34-33(37-28-22-35-40(24-28)30-16-20-41-21-17-30)38-32(31)36-27-12-14-29(15-13-27)39(18-7-2)19-9-11-25(4)8-3/h10,22-25,27,29-30H,6-9,11-21H2,1-5H3,(H2,34,36,37,38)/b26-10+. The number of ether oxygens (including phenoxy) is 1. The molecule has 228 valence electrons. The molecule has 0 aromatic carbocycles. The summed E-state index contributed by atoms with van der Waals surface area (Å²) in [4.78, 5) is 12.5. The van der Waals surface area contributed by atoms with Crippen LogP contribution in [0, 0.1) is 5.92 Å². The fourth-order valence-corrected chi connectivity index (χ4v) is 6.33. The highest BCUT2D eigenvalue weighted by Crippen LogP contribution is 2.30. The molecule has 2 aromatic rings. The van der Waals surface area contributed by atoms with Crippen molar-refractivity contribution >= 4 is 23.0 Å². The van der Waals surface area contributed by atoms with Crippen molar-refractivity contribution in [1.82, 2.24) is 24.6 Å². The minimum atomic E-state index is 0.393. The summed E-state index contributed by atoms with van der Waals surface area (Å²) in [6.45, 7) is 15.4. The van der Waals surface area contributed by atoms with E-state index in [0.717, 1.165) is 55.5 Å². The lowest BCUT2D eigenvalue weighted by Crippen LogP contribution is -2.41. The zero-order valence-electron chi connectivity index (χ0n) is 26.4. The Morgan fingerprint density at radius 2 is 1.88 bits per heavy atom. The van der Waals surface area contributed by atoms with Crippen LogP contribution in [-0.2, 0) is 4.74 Å². The third-order valence-electron chi connectivity index (χ3n) is 9.05. The number of anilines is 3. The summed E-state index contributed by atoms with van der Waals surface area (Å²) in [5.74, 6) is 2.38. The van der Waals surface area contributed by atoms with Crippen LogP contribution in [0.1, 0.15) is 117 Å². The van der Waals surface area contributed by atoms with Crippen molar-refractivity contribution in [3.8, 4) is 0 Å². The Hall–Kier alpha value is -2.45. The molecule has 2 fully saturated rings. The van der Waals surface area contributed by atoms with Crippen molar-refractivity contribution in [2.24, 2.45) is 5.92 Å². The van der Waals surface area contributed by atoms with Crippen LogP contribution in [0.3, 0.4) is 0 Å². The van der Waals surface area contributed by atoms with Gasteiger partial charge in [0.2, 0.25) is 5.95 Å². The van der Waals surface area contributed by atoms with Gasteiger partial charge in [-0.25, -0.2) is 4.98 Å². The Morgan fingerprint density at radius 3 is 2.59 bits per heavy atom. The van der Waals surface area contributed by atoms with Gasteiger partial charge in [-0.1, -0.05) is 40.2 Å². The van der Waals surface area contributed by atoms with Crippen molar-refractivity contribution < 1.29 is 4.74 Å². The van der Waals surface area contributed by atoms with Gasteiger partial charge in [-0.05, 0) is 95.7 Å². The van der Waals surface area contributed by atoms with E-state index in [9.17, 15) is 0 Å². The number of nitrogens with zero attached hydrogens (tertiary/aromatic N) is 5. The van der Waals surface area contributed by atoms with Crippen LogP contribution < -0.4 is 10.6 Å². The highest BCUT2D eigenvalue weighted by atomic mass is 16.5. The van der Waals surface area contributed by atoms with Crippen molar-refractivity contribution in [3.63, 3.8) is 0 Å². The molecule has 0 radical (unpaired) electrons. The second kappa shape index (κ2) is 16.3. The van der Waals surface area contributed by atoms with Crippen LogP contribution in [0.5, 0.6) is 0 Å². The minimum absolute atomic E-state index is 0.393. The van der Waals surface area contributed by atoms with Gasteiger partial charge in [0.1, 0.15) is 5.82 Å². The smallest absolute Gasteiger partial charge is 0.229 e. The summed E-state index contributed by atoms with van der Waals surface area (Å²) < 4.78 is 7.56. The Labute approximate surface area is 248 Å². The van der Waals surface area contributed by atoms with Gasteiger partial charge in [-0.2, -0.15) is 10.1 Å². The lowest BCUT2D eigenvalue weighted by atomic mass is 9.89. The molecule has 0 spiro atoms. The van der Waals surface area contributed by atoms with E-state index in [4.69, 9.17) is 9.72 Å². The second-order valence-electron chi connectivity index (χ2n) is 12.3. The van der Waals surface area contributed by atoms with Crippen LogP contribution in [0.15, 0.2) is 24.7 Å². The summed E-state index contributed by atoms with van der Waals surface area (Å²) in [6, 6.07) is 1.54. The van der Waals surface area contributed by atoms with Gasteiger partial charge >= 0.3 is 0 Å². The molecule has 1 atom stereocenters. The van der Waals surface area contributed by atoms with Crippen molar-refractivity contribution in [3.05, 3.63) is 30.2 Å². The van der Waals surface area contributed by atoms with Gasteiger partial charge in [0.05, 0.1) is 17.9 Å². The average molecular weight is 566 g/mol. The summed E-state index contributed by atoms with van der Waals surface area (Å²) >= 11 is 0. The number of aromatic nitrogens is 4. The molecular formula is C33H55N7O. The third kappa shape index (κ3) is 9.27. The molecule has 1 saturated carbocycles. The van der Waals surface area contributed by atoms with E-state index in [1.54, 1.807) is 0 Å². The van der Waals surface area contributed by atoms with Gasteiger partial charge in [0.15, 0.2) is 0 Å². The van der Waals surface area contributed by atoms with Crippen molar-refractivity contribution in [2.45, 2.75) is 123 Å². The van der Waals surface area contributed by atoms with Gasteiger partial charge in [0, 0.05) is 43.3 Å². The maximum Gasteiger partial charge on any atom is 0.229 e. The van der Waals surface area contributed by atoms with Crippen LogP contribution in [0.25, 0.3) is 5.57 Å². The summed E-state index contributed by atoms with van der Waals surface area (Å²) in [6.07, 6.45) is 21.2. The molecule has 8 heteroatoms. The predicted molar refractivity (Wildman–Crippen MR) is 171 cm³/mol. The van der Waals surface area contributed by atoms with Gasteiger partial charge in [0.25, 0.3) is 0 Å². The molecule has 2 aromatic heterocycles. The second-order valence-corrected chi connectivity index (χ2v) is 12.3. The first-order chi connectivity index (χ1) is 20.0. The molecule has 1 aliphatic heterocycles. The lowest BCUT2D eigenvalue weighted by molar-refractivity contribution is 0.0662. The van der Waals surface area contributed by atoms with E-state index < -0.39 is 0 Å². The van der Waals surface area contributed by atoms with Crippen molar-refractivity contribution in [2.75, 3.05) is 36.9 Å². The molecule has 8 nitrogen and oxygen atoms in total. The Kier molecular flexibility index (Phi) is 12.5. The topological polar surface area (TPSA) is 80.1 Å². The molecule has 3 heterocycles. The molecule has 41 heavy (non-hydrogen) atoms. The molecule has 1 saturated heterocycles. The van der Waals surface area contributed by atoms with Gasteiger partial charge < -0.3 is 20.3 Å². The van der Waals surface area contributed by atoms with E-state index in [1.165, 1.54) is 70.0 Å². The van der Waals surface area contributed by atoms with Crippen molar-refractivity contribution in [1.29, 1.82) is 0 Å². The van der Waals surface area contributed by atoms with Crippen LogP contribution in [0.2, 0.25) is 0 Å². The highest BCUT2D eigenvalue weighted by molar-refractivity contribution is 5.73. The van der Waals surface area contributed by atoms with E-state index in [-0.39, 0.29) is 0 Å². The normalized spacial score (nSPS) is 21.3. The van der Waals surface area contributed by atoms with Crippen LogP contribution in [-0.4, -0.2) is 63.0 Å². The summed E-state index contributed by atoms with van der Waals surface area (Å²) in [5, 5.41) is 11.8. The quantitative estimate of drug-likeness (QED) is 0.228. The van der Waals surface area contributed by atoms with Crippen LogP contribution in [0.4, 0.5) is 17.5 Å². The number of nitrogens with one attached hydrogen (secondary N) is 2. The minimum Gasteiger partial charge on any atom is -0.381 e. The fourth-order valence-electron chi connectivity index (χ4n) is 6.33. The summed E-state index contributed by atoms with van der Waals surface area (Å²) in [5.41, 5.74) is 3.23. The van der Waals surface area contributed by atoms with Gasteiger partial charge in [-0.15, -0.1) is 0 Å². The maximum absolute atomic E-state index is 5.51. The zero-order valence-corrected chi connectivity index (χ0v) is 26.4. The number of hydrogen-bond donors (Lipinski definition) is 2. The lowest BCUT2D eigenvalue weighted by Gasteiger charge is -2.37. The Bertz CT molecular complexity index is 1070. The molecule has 4 rings (SSSR count). The van der Waals surface area contributed by atoms with E-state index >= 15 is 0 Å². The first kappa shape index (κ1) is 31.5. The predicted octanol–water partition coefficient (Wildman–Crippen LogP) is 7.84. The molecule has 2 N–H and O–H groups in total. The Balaban J connectivity index is 1.39. The maximum atomic E-state index is 5.51. The molecular weight excluding hydrogens is 510 g/mol. The first-order valence-corrected chi connectivity index (χ1v) is 16.4. The molecule has 0 bridgehead atoms. The highest BCUT2D eigenvalue weighted by Gasteiger charge is 2.26. The molecule has 0 amide bonds. The monoisotopic (exact) mass is 565 g/mol. The fraction of sp³-hybridized carbons (Fsp3) is 0.727. The number of allylic oxidation sites excluding steroid dienone is 2. The first-order valence-electron chi connectivity index (χ1n) is 16.4. The van der Waals surface area contributed by atoms with Gasteiger partial charge in [-0.3, -0.25) is 4.68 Å². The zero-order chi connectivity index (χ0) is 29.0. The third-order valence-corrected chi connectivity index (χ3v) is 9.05. The van der Waals surface area contributed by atoms with E-state index in [0.29, 0.717) is 24.1 Å².